The Bertz CT molecular complexity index is 560. The summed E-state index contributed by atoms with van der Waals surface area (Å²) in [6, 6.07) is 6.86. The van der Waals surface area contributed by atoms with E-state index < -0.39 is 10.1 Å². The predicted molar refractivity (Wildman–Crippen MR) is 84.6 cm³/mol. The minimum absolute atomic E-state index is 0.194. The molecule has 0 aromatic heterocycles. The molecule has 1 aliphatic rings. The average Bonchev–Trinajstić information content (AvgIpc) is 2.38. The van der Waals surface area contributed by atoms with Crippen LogP contribution in [0.15, 0.2) is 29.2 Å². The topological polar surface area (TPSA) is 43.4 Å². The molecular formula is C17H26O3S. The lowest BCUT2D eigenvalue weighted by Gasteiger charge is -2.36. The fourth-order valence-electron chi connectivity index (χ4n) is 3.15. The molecule has 21 heavy (non-hydrogen) atoms. The first kappa shape index (κ1) is 16.5. The van der Waals surface area contributed by atoms with Crippen molar-refractivity contribution in [1.82, 2.24) is 0 Å². The molecule has 1 aliphatic carbocycles. The molecule has 0 heterocycles. The smallest absolute Gasteiger partial charge is 0.263 e. The van der Waals surface area contributed by atoms with Gasteiger partial charge in [0.15, 0.2) is 0 Å². The molecule has 118 valence electrons. The normalized spacial score (nSPS) is 27.0. The van der Waals surface area contributed by atoms with Gasteiger partial charge in [-0.2, -0.15) is 8.42 Å². The maximum absolute atomic E-state index is 12.5. The quantitative estimate of drug-likeness (QED) is 0.784. The molecule has 0 unspecified atom stereocenters. The Morgan fingerprint density at radius 2 is 1.76 bits per heavy atom. The fourth-order valence-corrected chi connectivity index (χ4v) is 4.28. The van der Waals surface area contributed by atoms with Gasteiger partial charge in [0.2, 0.25) is 0 Å². The van der Waals surface area contributed by atoms with Crippen molar-refractivity contribution in [3.63, 3.8) is 0 Å². The second kappa shape index (κ2) is 6.49. The first-order valence-electron chi connectivity index (χ1n) is 7.79. The van der Waals surface area contributed by atoms with Crippen LogP contribution in [0.1, 0.15) is 45.6 Å². The molecule has 4 heteroatoms. The van der Waals surface area contributed by atoms with Crippen LogP contribution < -0.4 is 0 Å². The molecule has 1 aromatic rings. The standard InChI is InChI=1S/C17H26O3S/c1-12(2)16-10-7-14(4)11-17(16)20-21(18,19)15-8-5-13(3)6-9-15/h5-6,8-9,12,14,16-17H,7,10-11H2,1-4H3/t14-,16+,17+/m1/s1. The summed E-state index contributed by atoms with van der Waals surface area (Å²) in [5.41, 5.74) is 1.04. The van der Waals surface area contributed by atoms with Crippen LogP contribution in [-0.4, -0.2) is 14.5 Å². The van der Waals surface area contributed by atoms with Gasteiger partial charge in [0, 0.05) is 0 Å². The summed E-state index contributed by atoms with van der Waals surface area (Å²) in [5.74, 6) is 1.29. The van der Waals surface area contributed by atoms with Crippen molar-refractivity contribution in [3.8, 4) is 0 Å². The van der Waals surface area contributed by atoms with Gasteiger partial charge in [-0.15, -0.1) is 0 Å². The Morgan fingerprint density at radius 1 is 1.14 bits per heavy atom. The summed E-state index contributed by atoms with van der Waals surface area (Å²) >= 11 is 0. The van der Waals surface area contributed by atoms with Crippen LogP contribution in [0, 0.1) is 24.7 Å². The Balaban J connectivity index is 2.19. The molecule has 0 saturated heterocycles. The zero-order valence-electron chi connectivity index (χ0n) is 13.4. The highest BCUT2D eigenvalue weighted by molar-refractivity contribution is 7.86. The minimum atomic E-state index is -3.67. The van der Waals surface area contributed by atoms with Crippen LogP contribution in [0.3, 0.4) is 0 Å². The van der Waals surface area contributed by atoms with Gasteiger partial charge >= 0.3 is 0 Å². The molecule has 1 aromatic carbocycles. The van der Waals surface area contributed by atoms with Gasteiger partial charge < -0.3 is 0 Å². The summed E-state index contributed by atoms with van der Waals surface area (Å²) in [6.07, 6.45) is 2.84. The third-order valence-electron chi connectivity index (χ3n) is 4.52. The molecule has 1 saturated carbocycles. The largest absolute Gasteiger partial charge is 0.297 e. The van der Waals surface area contributed by atoms with Crippen LogP contribution in [0.2, 0.25) is 0 Å². The predicted octanol–water partition coefficient (Wildman–Crippen LogP) is 4.16. The zero-order chi connectivity index (χ0) is 15.6. The molecule has 0 amide bonds. The van der Waals surface area contributed by atoms with Gasteiger partial charge in [0.1, 0.15) is 0 Å². The van der Waals surface area contributed by atoms with Gasteiger partial charge in [0.25, 0.3) is 10.1 Å². The summed E-state index contributed by atoms with van der Waals surface area (Å²) in [5, 5.41) is 0. The fraction of sp³-hybridized carbons (Fsp3) is 0.647. The molecule has 3 nitrogen and oxygen atoms in total. The monoisotopic (exact) mass is 310 g/mol. The Hall–Kier alpha value is -0.870. The maximum Gasteiger partial charge on any atom is 0.297 e. The number of hydrogen-bond acceptors (Lipinski definition) is 3. The lowest BCUT2D eigenvalue weighted by Crippen LogP contribution is -2.35. The van der Waals surface area contributed by atoms with Gasteiger partial charge in [-0.25, -0.2) is 0 Å². The van der Waals surface area contributed by atoms with Gasteiger partial charge in [-0.3, -0.25) is 4.18 Å². The third kappa shape index (κ3) is 4.07. The van der Waals surface area contributed by atoms with Gasteiger partial charge in [-0.1, -0.05) is 44.9 Å². The first-order valence-corrected chi connectivity index (χ1v) is 9.20. The molecule has 0 spiro atoms. The highest BCUT2D eigenvalue weighted by Gasteiger charge is 2.35. The molecule has 0 N–H and O–H groups in total. The van der Waals surface area contributed by atoms with E-state index in [-0.39, 0.29) is 11.0 Å². The summed E-state index contributed by atoms with van der Waals surface area (Å²) in [6.45, 7) is 8.41. The highest BCUT2D eigenvalue weighted by Crippen LogP contribution is 2.36. The van der Waals surface area contributed by atoms with Crippen molar-refractivity contribution in [2.45, 2.75) is 58.0 Å². The van der Waals surface area contributed by atoms with Crippen molar-refractivity contribution in [3.05, 3.63) is 29.8 Å². The average molecular weight is 310 g/mol. The van der Waals surface area contributed by atoms with Crippen molar-refractivity contribution >= 4 is 10.1 Å². The second-order valence-electron chi connectivity index (χ2n) is 6.73. The van der Waals surface area contributed by atoms with Crippen molar-refractivity contribution < 1.29 is 12.6 Å². The molecule has 0 radical (unpaired) electrons. The van der Waals surface area contributed by atoms with Crippen LogP contribution in [0.25, 0.3) is 0 Å². The van der Waals surface area contributed by atoms with Gasteiger partial charge in [0.05, 0.1) is 11.0 Å². The van der Waals surface area contributed by atoms with E-state index in [1.165, 1.54) is 0 Å². The number of aryl methyl sites for hydroxylation is 1. The van der Waals surface area contributed by atoms with Crippen molar-refractivity contribution in [1.29, 1.82) is 0 Å². The second-order valence-corrected chi connectivity index (χ2v) is 8.30. The van der Waals surface area contributed by atoms with E-state index in [1.54, 1.807) is 24.3 Å². The minimum Gasteiger partial charge on any atom is -0.263 e. The maximum atomic E-state index is 12.5. The summed E-state index contributed by atoms with van der Waals surface area (Å²) in [4.78, 5) is 0.258. The van der Waals surface area contributed by atoms with Crippen molar-refractivity contribution in [2.75, 3.05) is 0 Å². The lowest BCUT2D eigenvalue weighted by molar-refractivity contribution is 0.0511. The van der Waals surface area contributed by atoms with E-state index >= 15 is 0 Å². The number of hydrogen-bond donors (Lipinski definition) is 0. The Morgan fingerprint density at radius 3 is 2.33 bits per heavy atom. The SMILES string of the molecule is Cc1ccc(S(=O)(=O)O[C@H]2C[C@H](C)CC[C@H]2C(C)C)cc1. The van der Waals surface area contributed by atoms with Crippen molar-refractivity contribution in [2.24, 2.45) is 17.8 Å². The van der Waals surface area contributed by atoms with E-state index in [9.17, 15) is 8.42 Å². The lowest BCUT2D eigenvalue weighted by atomic mass is 9.75. The summed E-state index contributed by atoms with van der Waals surface area (Å²) in [7, 11) is -3.67. The Labute approximate surface area is 128 Å². The van der Waals surface area contributed by atoms with E-state index in [0.717, 1.165) is 24.8 Å². The molecule has 2 rings (SSSR count). The molecule has 1 fully saturated rings. The van der Waals surface area contributed by atoms with E-state index in [4.69, 9.17) is 4.18 Å². The van der Waals surface area contributed by atoms with Gasteiger partial charge in [-0.05, 0) is 49.7 Å². The molecule has 0 aliphatic heterocycles. The van der Waals surface area contributed by atoms with E-state index in [0.29, 0.717) is 17.8 Å². The molecule has 3 atom stereocenters. The van der Waals surface area contributed by atoms with E-state index in [1.807, 2.05) is 6.92 Å². The van der Waals surface area contributed by atoms with Crippen LogP contribution >= 0.6 is 0 Å². The van der Waals surface area contributed by atoms with Crippen LogP contribution in [0.4, 0.5) is 0 Å². The van der Waals surface area contributed by atoms with Crippen LogP contribution in [-0.2, 0) is 14.3 Å². The third-order valence-corrected chi connectivity index (χ3v) is 5.87. The zero-order valence-corrected chi connectivity index (χ0v) is 14.2. The first-order chi connectivity index (χ1) is 9.79. The summed E-state index contributed by atoms with van der Waals surface area (Å²) < 4.78 is 30.5. The van der Waals surface area contributed by atoms with Crippen LogP contribution in [0.5, 0.6) is 0 Å². The van der Waals surface area contributed by atoms with E-state index in [2.05, 4.69) is 20.8 Å². The highest BCUT2D eigenvalue weighted by atomic mass is 32.2. The Kier molecular flexibility index (Phi) is 5.10. The molecule has 0 bridgehead atoms. The molecular weight excluding hydrogens is 284 g/mol. The number of benzene rings is 1. The number of rotatable bonds is 4.